The number of nitrogens with one attached hydrogen (secondary N) is 2. The highest BCUT2D eigenvalue weighted by Crippen LogP contribution is 2.29. The highest BCUT2D eigenvalue weighted by Gasteiger charge is 2.11. The van der Waals surface area contributed by atoms with Crippen LogP contribution in [0.25, 0.3) is 0 Å². The lowest BCUT2D eigenvalue weighted by molar-refractivity contribution is -0.129. The number of hydrogen-bond donors (Lipinski definition) is 2. The van der Waals surface area contributed by atoms with E-state index in [1.807, 2.05) is 37.3 Å². The van der Waals surface area contributed by atoms with Crippen molar-refractivity contribution < 1.29 is 14.3 Å². The molecule has 0 radical (unpaired) electrons. The third kappa shape index (κ3) is 6.05. The molecule has 0 saturated heterocycles. The molecular formula is C18H18Cl2N2O3. The molecule has 0 aromatic heterocycles. The van der Waals surface area contributed by atoms with E-state index in [9.17, 15) is 9.59 Å². The van der Waals surface area contributed by atoms with Gasteiger partial charge in [-0.3, -0.25) is 9.59 Å². The Hall–Kier alpha value is -2.08. The lowest BCUT2D eigenvalue weighted by Gasteiger charge is -2.14. The van der Waals surface area contributed by atoms with Gasteiger partial charge < -0.3 is 15.4 Å². The maximum absolute atomic E-state index is 11.9. The molecule has 0 aliphatic carbocycles. The lowest BCUT2D eigenvalue weighted by atomic mass is 10.1. The van der Waals surface area contributed by atoms with Gasteiger partial charge in [0.05, 0.1) is 21.8 Å². The Balaban J connectivity index is 1.73. The number of hydrogen-bond acceptors (Lipinski definition) is 3. The largest absolute Gasteiger partial charge is 0.362 e. The smallest absolute Gasteiger partial charge is 0.250 e. The molecule has 0 bridgehead atoms. The fourth-order valence-electron chi connectivity index (χ4n) is 2.13. The molecule has 0 aliphatic rings. The standard InChI is InChI=1S/C18H18Cl2N2O3/c1-12(13-6-3-2-4-7-13)21-16(23)10-25-11-17(24)22-15-9-5-8-14(19)18(15)20/h2-9,12H,10-11H2,1H3,(H,21,23)(H,22,24)/t12-/m0/s1. The highest BCUT2D eigenvalue weighted by atomic mass is 35.5. The normalized spacial score (nSPS) is 11.6. The van der Waals surface area contributed by atoms with E-state index in [2.05, 4.69) is 10.6 Å². The van der Waals surface area contributed by atoms with Crippen LogP contribution in [0.3, 0.4) is 0 Å². The van der Waals surface area contributed by atoms with Gasteiger partial charge in [0.1, 0.15) is 13.2 Å². The van der Waals surface area contributed by atoms with Crippen LogP contribution in [0.15, 0.2) is 48.5 Å². The number of carbonyl (C=O) groups excluding carboxylic acids is 2. The van der Waals surface area contributed by atoms with E-state index in [1.165, 1.54) is 0 Å². The Bertz CT molecular complexity index is 738. The monoisotopic (exact) mass is 380 g/mol. The Morgan fingerprint density at radius 2 is 1.68 bits per heavy atom. The third-order valence-corrected chi connectivity index (χ3v) is 4.19. The van der Waals surface area contributed by atoms with E-state index in [4.69, 9.17) is 27.9 Å². The molecule has 1 atom stereocenters. The molecule has 0 unspecified atom stereocenters. The first-order valence-corrected chi connectivity index (χ1v) is 8.39. The number of ether oxygens (including phenoxy) is 1. The van der Waals surface area contributed by atoms with E-state index in [0.29, 0.717) is 10.7 Å². The van der Waals surface area contributed by atoms with Gasteiger partial charge in [-0.15, -0.1) is 0 Å². The van der Waals surface area contributed by atoms with Crippen molar-refractivity contribution in [1.29, 1.82) is 0 Å². The summed E-state index contributed by atoms with van der Waals surface area (Å²) in [4.78, 5) is 23.7. The van der Waals surface area contributed by atoms with Crippen LogP contribution < -0.4 is 10.6 Å². The van der Waals surface area contributed by atoms with Crippen LogP contribution >= 0.6 is 23.2 Å². The minimum absolute atomic E-state index is 0.142. The van der Waals surface area contributed by atoms with Gasteiger partial charge in [0.25, 0.3) is 0 Å². The van der Waals surface area contributed by atoms with Crippen LogP contribution in [0.5, 0.6) is 0 Å². The van der Waals surface area contributed by atoms with Gasteiger partial charge in [0.2, 0.25) is 11.8 Å². The summed E-state index contributed by atoms with van der Waals surface area (Å²) in [5, 5.41) is 5.98. The van der Waals surface area contributed by atoms with Crippen LogP contribution in [-0.4, -0.2) is 25.0 Å². The molecule has 0 fully saturated rings. The number of amides is 2. The predicted octanol–water partition coefficient (Wildman–Crippen LogP) is 3.83. The molecule has 7 heteroatoms. The van der Waals surface area contributed by atoms with E-state index in [1.54, 1.807) is 18.2 Å². The van der Waals surface area contributed by atoms with Gasteiger partial charge in [-0.05, 0) is 24.6 Å². The Labute approximate surface area is 156 Å². The number of halogens is 2. The van der Waals surface area contributed by atoms with Gasteiger partial charge >= 0.3 is 0 Å². The van der Waals surface area contributed by atoms with Gasteiger partial charge in [-0.1, -0.05) is 59.6 Å². The molecule has 2 rings (SSSR count). The maximum atomic E-state index is 11.9. The lowest BCUT2D eigenvalue weighted by Crippen LogP contribution is -2.31. The van der Waals surface area contributed by atoms with E-state index >= 15 is 0 Å². The van der Waals surface area contributed by atoms with Crippen molar-refractivity contribution in [3.63, 3.8) is 0 Å². The average molecular weight is 381 g/mol. The molecule has 0 spiro atoms. The van der Waals surface area contributed by atoms with Crippen LogP contribution in [0.1, 0.15) is 18.5 Å². The van der Waals surface area contributed by atoms with Gasteiger partial charge in [-0.25, -0.2) is 0 Å². The molecule has 0 saturated carbocycles. The zero-order chi connectivity index (χ0) is 18.2. The molecule has 25 heavy (non-hydrogen) atoms. The first-order valence-electron chi connectivity index (χ1n) is 7.63. The van der Waals surface area contributed by atoms with Gasteiger partial charge in [-0.2, -0.15) is 0 Å². The minimum Gasteiger partial charge on any atom is -0.362 e. The fraction of sp³-hybridized carbons (Fsp3) is 0.222. The second-order valence-corrected chi connectivity index (χ2v) is 6.13. The van der Waals surface area contributed by atoms with Gasteiger partial charge in [0, 0.05) is 0 Å². The number of benzene rings is 2. The van der Waals surface area contributed by atoms with E-state index < -0.39 is 5.91 Å². The molecule has 2 N–H and O–H groups in total. The van der Waals surface area contributed by atoms with Crippen molar-refractivity contribution in [1.82, 2.24) is 5.32 Å². The minimum atomic E-state index is -0.423. The number of rotatable bonds is 7. The van der Waals surface area contributed by atoms with Crippen molar-refractivity contribution in [2.24, 2.45) is 0 Å². The highest BCUT2D eigenvalue weighted by molar-refractivity contribution is 6.43. The van der Waals surface area contributed by atoms with Crippen LogP contribution in [0, 0.1) is 0 Å². The fourth-order valence-corrected chi connectivity index (χ4v) is 2.48. The number of carbonyl (C=O) groups is 2. The van der Waals surface area contributed by atoms with E-state index in [-0.39, 0.29) is 30.2 Å². The van der Waals surface area contributed by atoms with Crippen molar-refractivity contribution in [3.8, 4) is 0 Å². The predicted molar refractivity (Wildman–Crippen MR) is 98.9 cm³/mol. The average Bonchev–Trinajstić information content (AvgIpc) is 2.59. The zero-order valence-corrected chi connectivity index (χ0v) is 15.1. The molecule has 0 heterocycles. The zero-order valence-electron chi connectivity index (χ0n) is 13.6. The second-order valence-electron chi connectivity index (χ2n) is 5.34. The van der Waals surface area contributed by atoms with Crippen molar-refractivity contribution in [3.05, 3.63) is 64.1 Å². The van der Waals surface area contributed by atoms with Crippen molar-refractivity contribution in [2.75, 3.05) is 18.5 Å². The van der Waals surface area contributed by atoms with E-state index in [0.717, 1.165) is 5.56 Å². The van der Waals surface area contributed by atoms with Crippen molar-refractivity contribution in [2.45, 2.75) is 13.0 Å². The summed E-state index contributed by atoms with van der Waals surface area (Å²) >= 11 is 11.9. The molecule has 2 aromatic rings. The van der Waals surface area contributed by atoms with Gasteiger partial charge in [0.15, 0.2) is 0 Å². The summed E-state index contributed by atoms with van der Waals surface area (Å²) in [6.45, 7) is 1.39. The second kappa shape index (κ2) is 9.42. The Morgan fingerprint density at radius 1 is 1.00 bits per heavy atom. The first-order chi connectivity index (χ1) is 12.0. The summed E-state index contributed by atoms with van der Waals surface area (Å²) in [5.41, 5.74) is 1.38. The third-order valence-electron chi connectivity index (χ3n) is 3.37. The van der Waals surface area contributed by atoms with Crippen LogP contribution in [0.2, 0.25) is 10.0 Å². The Morgan fingerprint density at radius 3 is 2.40 bits per heavy atom. The summed E-state index contributed by atoms with van der Waals surface area (Å²) in [6, 6.07) is 14.3. The quantitative estimate of drug-likeness (QED) is 0.766. The number of anilines is 1. The summed E-state index contributed by atoms with van der Waals surface area (Å²) in [6.07, 6.45) is 0. The first kappa shape index (κ1) is 19.2. The molecule has 0 aliphatic heterocycles. The summed E-state index contributed by atoms with van der Waals surface area (Å²) < 4.78 is 5.14. The molecule has 2 aromatic carbocycles. The molecular weight excluding hydrogens is 363 g/mol. The van der Waals surface area contributed by atoms with Crippen LogP contribution in [0.4, 0.5) is 5.69 Å². The van der Waals surface area contributed by atoms with Crippen LogP contribution in [-0.2, 0) is 14.3 Å². The molecule has 5 nitrogen and oxygen atoms in total. The summed E-state index contributed by atoms with van der Waals surface area (Å²) in [5.74, 6) is -0.724. The molecule has 132 valence electrons. The summed E-state index contributed by atoms with van der Waals surface area (Å²) in [7, 11) is 0. The SMILES string of the molecule is C[C@H](NC(=O)COCC(=O)Nc1cccc(Cl)c1Cl)c1ccccc1. The Kier molecular flexibility index (Phi) is 7.25. The maximum Gasteiger partial charge on any atom is 0.250 e. The molecule has 2 amide bonds. The topological polar surface area (TPSA) is 67.4 Å². The van der Waals surface area contributed by atoms with Crippen molar-refractivity contribution >= 4 is 40.7 Å².